The average molecular weight is 185 g/mol. The van der Waals surface area contributed by atoms with Crippen LogP contribution in [0.1, 0.15) is 6.92 Å². The van der Waals surface area contributed by atoms with Crippen molar-refractivity contribution in [2.24, 2.45) is 0 Å². The lowest BCUT2D eigenvalue weighted by atomic mass is 10.7. The quantitative estimate of drug-likeness (QED) is 0.478. The molecule has 54 valence electrons. The first-order valence-electron chi connectivity index (χ1n) is 2.64. The zero-order valence-electron chi connectivity index (χ0n) is 5.34. The molecule has 0 spiro atoms. The second kappa shape index (κ2) is 6.88. The summed E-state index contributed by atoms with van der Waals surface area (Å²) in [5, 5.41) is 0. The van der Waals surface area contributed by atoms with Gasteiger partial charge in [0.1, 0.15) is 0 Å². The molecule has 0 fully saturated rings. The van der Waals surface area contributed by atoms with Crippen LogP contribution in [0.2, 0.25) is 0 Å². The Hall–Kier alpha value is 0.770. The first kappa shape index (κ1) is 9.77. The maximum Gasteiger partial charge on any atom is 0.188 e. The van der Waals surface area contributed by atoms with Gasteiger partial charge in [-0.1, -0.05) is 35.6 Å². The molecule has 0 aromatic carbocycles. The van der Waals surface area contributed by atoms with Crippen molar-refractivity contribution >= 4 is 29.3 Å². The van der Waals surface area contributed by atoms with Crippen LogP contribution in [0.15, 0.2) is 12.7 Å². The monoisotopic (exact) mass is 184 g/mol. The van der Waals surface area contributed by atoms with E-state index in [1.54, 1.807) is 17.5 Å². The van der Waals surface area contributed by atoms with E-state index in [0.29, 0.717) is 6.61 Å². The number of hydrogen-bond donors (Lipinski definition) is 0. The van der Waals surface area contributed by atoms with E-state index in [9.17, 15) is 0 Å². The molecule has 0 heterocycles. The van der Waals surface area contributed by atoms with Gasteiger partial charge in [-0.05, 0) is 5.75 Å². The highest BCUT2D eigenvalue weighted by Crippen LogP contribution is 2.55. The lowest BCUT2D eigenvalue weighted by Crippen LogP contribution is -1.76. The van der Waals surface area contributed by atoms with Crippen LogP contribution in [-0.2, 0) is 4.52 Å². The van der Waals surface area contributed by atoms with Crippen LogP contribution >= 0.6 is 29.3 Å². The van der Waals surface area contributed by atoms with Crippen LogP contribution in [0.3, 0.4) is 0 Å². The molecule has 0 bridgehead atoms. The van der Waals surface area contributed by atoms with Crippen LogP contribution < -0.4 is 0 Å². The Morgan fingerprint density at radius 3 is 3.00 bits per heavy atom. The molecule has 0 aromatic rings. The third kappa shape index (κ3) is 6.66. The first-order valence-corrected chi connectivity index (χ1v) is 6.39. The molecular formula is C5H10ClOPS. The molecule has 0 aliphatic heterocycles. The van der Waals surface area contributed by atoms with Gasteiger partial charge < -0.3 is 4.52 Å². The predicted molar refractivity (Wildman–Crippen MR) is 47.1 cm³/mol. The smallest absolute Gasteiger partial charge is 0.188 e. The molecule has 0 N–H and O–H groups in total. The molecule has 0 aliphatic rings. The Labute approximate surface area is 66.2 Å². The summed E-state index contributed by atoms with van der Waals surface area (Å²) < 4.78 is 5.11. The summed E-state index contributed by atoms with van der Waals surface area (Å²) in [6.07, 6.45) is 1.70. The van der Waals surface area contributed by atoms with Crippen LogP contribution in [0.4, 0.5) is 0 Å². The molecule has 0 aliphatic carbocycles. The number of hydrogen-bond acceptors (Lipinski definition) is 2. The van der Waals surface area contributed by atoms with Gasteiger partial charge in [0, 0.05) is 0 Å². The minimum atomic E-state index is -0.769. The van der Waals surface area contributed by atoms with E-state index < -0.39 is 6.70 Å². The fourth-order valence-electron chi connectivity index (χ4n) is 0.250. The third-order valence-corrected chi connectivity index (χ3v) is 4.21. The van der Waals surface area contributed by atoms with Gasteiger partial charge in [-0.15, -0.1) is 6.58 Å². The predicted octanol–water partition coefficient (Wildman–Crippen LogP) is 3.41. The fraction of sp³-hybridized carbons (Fsp3) is 0.600. The van der Waals surface area contributed by atoms with Crippen LogP contribution in [0.25, 0.3) is 0 Å². The highest BCUT2D eigenvalue weighted by molar-refractivity contribution is 8.61. The van der Waals surface area contributed by atoms with Gasteiger partial charge in [0.05, 0.1) is 6.61 Å². The summed E-state index contributed by atoms with van der Waals surface area (Å²) in [4.78, 5) is 0. The summed E-state index contributed by atoms with van der Waals surface area (Å²) in [5.74, 6) is 1.01. The molecule has 9 heavy (non-hydrogen) atoms. The molecule has 0 rings (SSSR count). The van der Waals surface area contributed by atoms with Crippen molar-refractivity contribution in [3.8, 4) is 0 Å². The average Bonchev–Trinajstić information content (AvgIpc) is 1.85. The Bertz CT molecular complexity index is 81.4. The summed E-state index contributed by atoms with van der Waals surface area (Å²) in [6.45, 7) is 5.35. The van der Waals surface area contributed by atoms with Gasteiger partial charge in [0.15, 0.2) is 6.70 Å². The molecule has 0 aromatic heterocycles. The highest BCUT2D eigenvalue weighted by atomic mass is 35.7. The van der Waals surface area contributed by atoms with Gasteiger partial charge in [0.25, 0.3) is 0 Å². The van der Waals surface area contributed by atoms with Crippen molar-refractivity contribution in [2.75, 3.05) is 12.4 Å². The second-order valence-electron chi connectivity index (χ2n) is 1.21. The van der Waals surface area contributed by atoms with Crippen molar-refractivity contribution < 1.29 is 4.52 Å². The minimum absolute atomic E-state index is 0.558. The lowest BCUT2D eigenvalue weighted by molar-refractivity contribution is 0.421. The Morgan fingerprint density at radius 2 is 2.56 bits per heavy atom. The van der Waals surface area contributed by atoms with E-state index in [-0.39, 0.29) is 0 Å². The van der Waals surface area contributed by atoms with E-state index in [0.717, 1.165) is 5.75 Å². The third-order valence-electron chi connectivity index (χ3n) is 0.524. The summed E-state index contributed by atoms with van der Waals surface area (Å²) >= 11 is 7.35. The van der Waals surface area contributed by atoms with Gasteiger partial charge in [-0.3, -0.25) is 0 Å². The zero-order chi connectivity index (χ0) is 7.11. The topological polar surface area (TPSA) is 9.23 Å². The van der Waals surface area contributed by atoms with Crippen molar-refractivity contribution in [1.82, 2.24) is 0 Å². The lowest BCUT2D eigenvalue weighted by Gasteiger charge is -2.04. The second-order valence-corrected chi connectivity index (χ2v) is 6.03. The van der Waals surface area contributed by atoms with E-state index in [2.05, 4.69) is 13.5 Å². The number of rotatable bonds is 5. The molecular weight excluding hydrogens is 175 g/mol. The maximum absolute atomic E-state index is 5.72. The van der Waals surface area contributed by atoms with Crippen LogP contribution in [-0.4, -0.2) is 12.4 Å². The van der Waals surface area contributed by atoms with E-state index in [4.69, 9.17) is 15.8 Å². The summed E-state index contributed by atoms with van der Waals surface area (Å²) in [6, 6.07) is 0. The molecule has 1 nitrogen and oxygen atoms in total. The van der Waals surface area contributed by atoms with Gasteiger partial charge >= 0.3 is 0 Å². The summed E-state index contributed by atoms with van der Waals surface area (Å²) in [7, 11) is 0. The van der Waals surface area contributed by atoms with Crippen molar-refractivity contribution in [3.05, 3.63) is 12.7 Å². The highest BCUT2D eigenvalue weighted by Gasteiger charge is 2.00. The summed E-state index contributed by atoms with van der Waals surface area (Å²) in [5.41, 5.74) is 0. The molecule has 0 amide bonds. The van der Waals surface area contributed by atoms with Crippen LogP contribution in [0, 0.1) is 0 Å². The SMILES string of the molecule is C=CCOP(Cl)SCC. The van der Waals surface area contributed by atoms with Crippen molar-refractivity contribution in [3.63, 3.8) is 0 Å². The molecule has 4 heteroatoms. The molecule has 0 saturated heterocycles. The maximum atomic E-state index is 5.72. The van der Waals surface area contributed by atoms with Gasteiger partial charge in [-0.25, -0.2) is 0 Å². The van der Waals surface area contributed by atoms with E-state index in [1.165, 1.54) is 0 Å². The number of halogens is 1. The first-order chi connectivity index (χ1) is 4.31. The zero-order valence-corrected chi connectivity index (χ0v) is 7.81. The Kier molecular flexibility index (Phi) is 7.47. The van der Waals surface area contributed by atoms with Crippen molar-refractivity contribution in [1.29, 1.82) is 0 Å². The molecule has 1 atom stereocenters. The van der Waals surface area contributed by atoms with Crippen LogP contribution in [0.5, 0.6) is 0 Å². The standard InChI is InChI=1S/C5H10ClOPS/c1-3-5-7-8(6)9-4-2/h3H,1,4-5H2,2H3. The van der Waals surface area contributed by atoms with Gasteiger partial charge in [0.2, 0.25) is 0 Å². The van der Waals surface area contributed by atoms with Gasteiger partial charge in [-0.2, -0.15) is 0 Å². The molecule has 0 radical (unpaired) electrons. The molecule has 1 unspecified atom stereocenters. The van der Waals surface area contributed by atoms with Crippen molar-refractivity contribution in [2.45, 2.75) is 6.92 Å². The Morgan fingerprint density at radius 1 is 1.89 bits per heavy atom. The van der Waals surface area contributed by atoms with E-state index >= 15 is 0 Å². The fourth-order valence-corrected chi connectivity index (χ4v) is 2.81. The van der Waals surface area contributed by atoms with E-state index in [1.807, 2.05) is 0 Å². The normalized spacial score (nSPS) is 13.1. The molecule has 0 saturated carbocycles. The minimum Gasteiger partial charge on any atom is -0.331 e. The Balaban J connectivity index is 3.04. The largest absolute Gasteiger partial charge is 0.331 e.